The maximum absolute atomic E-state index is 13.7. The summed E-state index contributed by atoms with van der Waals surface area (Å²) in [6.07, 6.45) is 10.1. The van der Waals surface area contributed by atoms with Crippen LogP contribution in [0.15, 0.2) is 36.4 Å². The summed E-state index contributed by atoms with van der Waals surface area (Å²) in [5, 5.41) is 0. The molecule has 2 heterocycles. The topological polar surface area (TPSA) is 64.4 Å². The highest BCUT2D eigenvalue weighted by molar-refractivity contribution is 6.08. The van der Waals surface area contributed by atoms with Gasteiger partial charge in [-0.1, -0.05) is 44.1 Å². The van der Waals surface area contributed by atoms with Gasteiger partial charge in [0.05, 0.1) is 23.7 Å². The van der Waals surface area contributed by atoms with Gasteiger partial charge in [0.15, 0.2) is 5.92 Å². The summed E-state index contributed by atoms with van der Waals surface area (Å²) in [4.78, 5) is 33.3. The minimum atomic E-state index is -0.826. The van der Waals surface area contributed by atoms with E-state index in [9.17, 15) is 9.59 Å². The third-order valence-corrected chi connectivity index (χ3v) is 6.31. The lowest BCUT2D eigenvalue weighted by atomic mass is 9.79. The van der Waals surface area contributed by atoms with Crippen LogP contribution < -0.4 is 4.90 Å². The fraction of sp³-hybridized carbons (Fsp3) is 0.542. The van der Waals surface area contributed by atoms with E-state index in [0.717, 1.165) is 49.6 Å². The highest BCUT2D eigenvalue weighted by Gasteiger charge is 2.49. The standard InChI is InChI=1S/C24H31N3O3/c1-3-5-11-16-26-22(28)20(23(29)30-4-2)21(17-12-7-6-8-13-17)27-19-15-10-9-14-18(19)25-24(26)27/h6-7,9-10,14-15,17,20-21H,3-5,8,11-13,16H2,1-2H3/t17-,20+,21+/m0/s1. The number of para-hydroxylation sites is 2. The van der Waals surface area contributed by atoms with Gasteiger partial charge in [0.25, 0.3) is 0 Å². The zero-order chi connectivity index (χ0) is 21.1. The molecule has 2 aromatic rings. The lowest BCUT2D eigenvalue weighted by Crippen LogP contribution is -2.52. The van der Waals surface area contributed by atoms with Gasteiger partial charge in [0, 0.05) is 6.54 Å². The number of carbonyl (C=O) groups excluding carboxylic acids is 2. The lowest BCUT2D eigenvalue weighted by Gasteiger charge is -2.41. The first kappa shape index (κ1) is 20.6. The Kier molecular flexibility index (Phi) is 6.21. The fourth-order valence-corrected chi connectivity index (χ4v) is 4.89. The SMILES string of the molecule is CCCCCN1C(=O)[C@H](C(=O)OCC)[C@@H]([C@H]2CC=CCC2)n2c1nc1ccccc12. The molecule has 4 rings (SSSR count). The van der Waals surface area contributed by atoms with Gasteiger partial charge in [-0.15, -0.1) is 0 Å². The van der Waals surface area contributed by atoms with Crippen LogP contribution in [0.1, 0.15) is 58.4 Å². The van der Waals surface area contributed by atoms with Crippen LogP contribution in [-0.4, -0.2) is 34.6 Å². The molecule has 6 heteroatoms. The first-order valence-electron chi connectivity index (χ1n) is 11.3. The molecule has 1 amide bonds. The second-order valence-corrected chi connectivity index (χ2v) is 8.23. The van der Waals surface area contributed by atoms with Crippen molar-refractivity contribution in [2.45, 2.75) is 58.4 Å². The van der Waals surface area contributed by atoms with E-state index >= 15 is 0 Å². The molecule has 0 spiro atoms. The monoisotopic (exact) mass is 409 g/mol. The average Bonchev–Trinajstić information content (AvgIpc) is 3.14. The number of amides is 1. The van der Waals surface area contributed by atoms with Crippen LogP contribution >= 0.6 is 0 Å². The van der Waals surface area contributed by atoms with Crippen molar-refractivity contribution in [1.29, 1.82) is 0 Å². The summed E-state index contributed by atoms with van der Waals surface area (Å²) >= 11 is 0. The molecule has 2 aliphatic rings. The summed E-state index contributed by atoms with van der Waals surface area (Å²) < 4.78 is 7.57. The van der Waals surface area contributed by atoms with Crippen LogP contribution in [0.5, 0.6) is 0 Å². The Morgan fingerprint density at radius 2 is 2.03 bits per heavy atom. The molecule has 1 aromatic carbocycles. The van der Waals surface area contributed by atoms with E-state index in [1.165, 1.54) is 0 Å². The average molecular weight is 410 g/mol. The first-order chi connectivity index (χ1) is 14.7. The van der Waals surface area contributed by atoms with Crippen LogP contribution in [0.4, 0.5) is 5.95 Å². The van der Waals surface area contributed by atoms with Crippen LogP contribution in [0, 0.1) is 11.8 Å². The number of fused-ring (bicyclic) bond motifs is 3. The smallest absolute Gasteiger partial charge is 0.320 e. The Balaban J connectivity index is 1.86. The molecule has 30 heavy (non-hydrogen) atoms. The third-order valence-electron chi connectivity index (χ3n) is 6.31. The number of anilines is 1. The molecule has 0 bridgehead atoms. The van der Waals surface area contributed by atoms with Gasteiger partial charge in [-0.05, 0) is 50.7 Å². The molecule has 0 saturated heterocycles. The largest absolute Gasteiger partial charge is 0.465 e. The third kappa shape index (κ3) is 3.64. The van der Waals surface area contributed by atoms with Gasteiger partial charge in [0.1, 0.15) is 0 Å². The van der Waals surface area contributed by atoms with E-state index in [-0.39, 0.29) is 24.5 Å². The number of benzene rings is 1. The summed E-state index contributed by atoms with van der Waals surface area (Å²) in [7, 11) is 0. The first-order valence-corrected chi connectivity index (χ1v) is 11.3. The van der Waals surface area contributed by atoms with Crippen molar-refractivity contribution in [3.05, 3.63) is 36.4 Å². The number of carbonyl (C=O) groups is 2. The van der Waals surface area contributed by atoms with Crippen LogP contribution in [0.25, 0.3) is 11.0 Å². The molecule has 0 saturated carbocycles. The second kappa shape index (κ2) is 9.02. The normalized spacial score (nSPS) is 23.6. The number of ether oxygens (including phenoxy) is 1. The lowest BCUT2D eigenvalue weighted by molar-refractivity contribution is -0.155. The van der Waals surface area contributed by atoms with E-state index in [4.69, 9.17) is 9.72 Å². The molecule has 0 N–H and O–H groups in total. The van der Waals surface area contributed by atoms with Crippen molar-refractivity contribution < 1.29 is 14.3 Å². The predicted molar refractivity (Wildman–Crippen MR) is 117 cm³/mol. The summed E-state index contributed by atoms with van der Waals surface area (Å²) in [6, 6.07) is 7.70. The molecule has 1 aromatic heterocycles. The Morgan fingerprint density at radius 1 is 1.20 bits per heavy atom. The minimum Gasteiger partial charge on any atom is -0.465 e. The summed E-state index contributed by atoms with van der Waals surface area (Å²) in [6.45, 7) is 4.78. The molecule has 1 aliphatic heterocycles. The van der Waals surface area contributed by atoms with Crippen molar-refractivity contribution in [1.82, 2.24) is 9.55 Å². The van der Waals surface area contributed by atoms with E-state index in [0.29, 0.717) is 12.5 Å². The molecule has 0 fully saturated rings. The fourth-order valence-electron chi connectivity index (χ4n) is 4.89. The van der Waals surface area contributed by atoms with Gasteiger partial charge in [-0.3, -0.25) is 14.5 Å². The van der Waals surface area contributed by atoms with Crippen LogP contribution in [-0.2, 0) is 14.3 Å². The Bertz CT molecular complexity index is 948. The Labute approximate surface area is 177 Å². The molecule has 1 aliphatic carbocycles. The number of nitrogens with zero attached hydrogens (tertiary/aromatic N) is 3. The van der Waals surface area contributed by atoms with Crippen molar-refractivity contribution in [3.8, 4) is 0 Å². The van der Waals surface area contributed by atoms with E-state index < -0.39 is 11.9 Å². The van der Waals surface area contributed by atoms with Crippen LogP contribution in [0.3, 0.4) is 0 Å². The molecule has 6 nitrogen and oxygen atoms in total. The molecule has 3 atom stereocenters. The molecule has 0 radical (unpaired) electrons. The Morgan fingerprint density at radius 3 is 2.77 bits per heavy atom. The Hall–Kier alpha value is -2.63. The van der Waals surface area contributed by atoms with Crippen molar-refractivity contribution >= 4 is 28.9 Å². The molecule has 0 unspecified atom stereocenters. The number of hydrogen-bond donors (Lipinski definition) is 0. The van der Waals surface area contributed by atoms with Crippen molar-refractivity contribution in [2.24, 2.45) is 11.8 Å². The number of imidazole rings is 1. The highest BCUT2D eigenvalue weighted by atomic mass is 16.5. The maximum atomic E-state index is 13.7. The maximum Gasteiger partial charge on any atom is 0.320 e. The van der Waals surface area contributed by atoms with Gasteiger partial charge in [0.2, 0.25) is 11.9 Å². The van der Waals surface area contributed by atoms with Gasteiger partial charge in [-0.2, -0.15) is 0 Å². The highest BCUT2D eigenvalue weighted by Crippen LogP contribution is 2.44. The number of unbranched alkanes of at least 4 members (excludes halogenated alkanes) is 2. The number of allylic oxidation sites excluding steroid dienone is 2. The van der Waals surface area contributed by atoms with E-state index in [2.05, 4.69) is 23.6 Å². The van der Waals surface area contributed by atoms with Gasteiger partial charge < -0.3 is 9.30 Å². The van der Waals surface area contributed by atoms with Crippen molar-refractivity contribution in [2.75, 3.05) is 18.1 Å². The number of aromatic nitrogens is 2. The summed E-state index contributed by atoms with van der Waals surface area (Å²) in [5.74, 6) is -0.522. The predicted octanol–water partition coefficient (Wildman–Crippen LogP) is 4.65. The zero-order valence-corrected chi connectivity index (χ0v) is 17.9. The molecule has 160 valence electrons. The van der Waals surface area contributed by atoms with E-state index in [1.54, 1.807) is 11.8 Å². The molecular formula is C24H31N3O3. The van der Waals surface area contributed by atoms with Crippen molar-refractivity contribution in [3.63, 3.8) is 0 Å². The number of esters is 1. The van der Waals surface area contributed by atoms with Gasteiger partial charge in [-0.25, -0.2) is 4.98 Å². The zero-order valence-electron chi connectivity index (χ0n) is 17.9. The second-order valence-electron chi connectivity index (χ2n) is 8.23. The number of hydrogen-bond acceptors (Lipinski definition) is 4. The van der Waals surface area contributed by atoms with Crippen LogP contribution in [0.2, 0.25) is 0 Å². The quantitative estimate of drug-likeness (QED) is 0.289. The minimum absolute atomic E-state index is 0.160. The number of rotatable bonds is 7. The van der Waals surface area contributed by atoms with E-state index in [1.807, 2.05) is 24.3 Å². The molecular weight excluding hydrogens is 378 g/mol. The van der Waals surface area contributed by atoms with Gasteiger partial charge >= 0.3 is 5.97 Å². The summed E-state index contributed by atoms with van der Waals surface area (Å²) in [5.41, 5.74) is 1.84.